The summed E-state index contributed by atoms with van der Waals surface area (Å²) in [5, 5.41) is 3.84. The van der Waals surface area contributed by atoms with Gasteiger partial charge in [-0.05, 0) is 37.6 Å². The number of thioether (sulfide) groups is 1. The van der Waals surface area contributed by atoms with Crippen molar-refractivity contribution in [2.75, 3.05) is 11.9 Å². The van der Waals surface area contributed by atoms with Gasteiger partial charge in [-0.15, -0.1) is 23.1 Å². The number of fused-ring (bicyclic) bond motifs is 1. The zero-order valence-electron chi connectivity index (χ0n) is 15.5. The number of carbonyl (C=O) groups is 2. The van der Waals surface area contributed by atoms with Crippen LogP contribution in [-0.2, 0) is 4.74 Å². The largest absolute Gasteiger partial charge is 0.462 e. The molecule has 3 rings (SSSR count). The van der Waals surface area contributed by atoms with E-state index in [9.17, 15) is 9.59 Å². The van der Waals surface area contributed by atoms with Gasteiger partial charge in [0, 0.05) is 15.7 Å². The van der Waals surface area contributed by atoms with Crippen molar-refractivity contribution in [1.29, 1.82) is 0 Å². The number of nitrogens with zero attached hydrogens (tertiary/aromatic N) is 1. The van der Waals surface area contributed by atoms with Gasteiger partial charge in [-0.3, -0.25) is 10.1 Å². The van der Waals surface area contributed by atoms with E-state index in [1.165, 1.54) is 22.7 Å². The van der Waals surface area contributed by atoms with Gasteiger partial charge in [0.2, 0.25) is 0 Å². The Bertz CT molecular complexity index is 991. The van der Waals surface area contributed by atoms with Crippen LogP contribution in [0.3, 0.4) is 0 Å². The normalized spacial score (nSPS) is 11.1. The molecule has 0 saturated heterocycles. The van der Waals surface area contributed by atoms with E-state index in [0.29, 0.717) is 27.4 Å². The quantitative estimate of drug-likeness (QED) is 0.415. The minimum absolute atomic E-state index is 0.189. The summed E-state index contributed by atoms with van der Waals surface area (Å²) in [5.41, 5.74) is 1.45. The molecule has 5 nitrogen and oxygen atoms in total. The van der Waals surface area contributed by atoms with E-state index in [4.69, 9.17) is 4.74 Å². The number of thiophene rings is 1. The maximum Gasteiger partial charge on any atom is 0.348 e. The lowest BCUT2D eigenvalue weighted by Crippen LogP contribution is -2.11. The maximum atomic E-state index is 12.6. The lowest BCUT2D eigenvalue weighted by atomic mass is 10.2. The third-order valence-electron chi connectivity index (χ3n) is 3.63. The second-order valence-electron chi connectivity index (χ2n) is 6.08. The summed E-state index contributed by atoms with van der Waals surface area (Å²) in [7, 11) is 0. The van der Waals surface area contributed by atoms with Crippen LogP contribution in [0.2, 0.25) is 0 Å². The molecule has 1 aromatic carbocycles. The van der Waals surface area contributed by atoms with E-state index in [1.54, 1.807) is 24.8 Å². The van der Waals surface area contributed by atoms with E-state index in [0.717, 1.165) is 20.0 Å². The van der Waals surface area contributed by atoms with Gasteiger partial charge in [-0.2, -0.15) is 0 Å². The number of aromatic nitrogens is 1. The first kappa shape index (κ1) is 19.9. The average molecular weight is 421 g/mol. The molecule has 1 N–H and O–H groups in total. The molecule has 0 aliphatic carbocycles. The number of hydrogen-bond acceptors (Lipinski definition) is 7. The van der Waals surface area contributed by atoms with E-state index < -0.39 is 0 Å². The van der Waals surface area contributed by atoms with Crippen LogP contribution in [0.4, 0.5) is 5.13 Å². The summed E-state index contributed by atoms with van der Waals surface area (Å²) < 4.78 is 5.98. The van der Waals surface area contributed by atoms with Crippen LogP contribution in [0.15, 0.2) is 29.2 Å². The van der Waals surface area contributed by atoms with Gasteiger partial charge < -0.3 is 4.74 Å². The summed E-state index contributed by atoms with van der Waals surface area (Å²) in [5.74, 6) is -0.513. The predicted molar refractivity (Wildman–Crippen MR) is 114 cm³/mol. The van der Waals surface area contributed by atoms with Crippen molar-refractivity contribution in [3.63, 3.8) is 0 Å². The number of carbonyl (C=O) groups excluding carboxylic acids is 2. The molecule has 0 saturated carbocycles. The molecular formula is C19H20N2O3S3. The lowest BCUT2D eigenvalue weighted by molar-refractivity contribution is 0.0531. The molecule has 0 spiro atoms. The first-order valence-corrected chi connectivity index (χ1v) is 11.1. The molecule has 0 aliphatic rings. The molecule has 1 amide bonds. The number of ether oxygens (including phenoxy) is 1. The van der Waals surface area contributed by atoms with E-state index in [-0.39, 0.29) is 11.9 Å². The van der Waals surface area contributed by atoms with Crippen LogP contribution in [0.25, 0.3) is 9.53 Å². The Kier molecular flexibility index (Phi) is 6.18. The smallest absolute Gasteiger partial charge is 0.348 e. The zero-order valence-corrected chi connectivity index (χ0v) is 17.9. The van der Waals surface area contributed by atoms with Gasteiger partial charge in [0.25, 0.3) is 5.91 Å². The van der Waals surface area contributed by atoms with E-state index in [1.807, 2.05) is 25.1 Å². The number of nitrogens with one attached hydrogen (secondary N) is 1. The van der Waals surface area contributed by atoms with Gasteiger partial charge in [0.05, 0.1) is 11.3 Å². The molecule has 0 fully saturated rings. The molecule has 3 aromatic rings. The number of amides is 1. The molecule has 2 aromatic heterocycles. The van der Waals surface area contributed by atoms with Crippen molar-refractivity contribution in [2.45, 2.75) is 37.8 Å². The summed E-state index contributed by atoms with van der Waals surface area (Å²) in [6.45, 7) is 8.23. The standard InChI is InChI=1S/C19H20N2O3S3/c1-5-24-18(23)15-11(4)14-17(26-15)21-19(27-14)20-16(22)12-7-6-8-13(9-12)25-10(2)3/h6-10H,5H2,1-4H3,(H,20,21,22). The van der Waals surface area contributed by atoms with Crippen molar-refractivity contribution in [1.82, 2.24) is 4.98 Å². The Morgan fingerprint density at radius 3 is 2.74 bits per heavy atom. The molecule has 142 valence electrons. The molecule has 0 radical (unpaired) electrons. The fourth-order valence-corrected chi connectivity index (χ4v) is 5.59. The second-order valence-corrected chi connectivity index (χ2v) is 9.73. The molecule has 0 unspecified atom stereocenters. The number of anilines is 1. The maximum absolute atomic E-state index is 12.6. The van der Waals surface area contributed by atoms with Gasteiger partial charge in [-0.1, -0.05) is 31.3 Å². The Labute approximate surface area is 170 Å². The van der Waals surface area contributed by atoms with Crippen molar-refractivity contribution < 1.29 is 14.3 Å². The van der Waals surface area contributed by atoms with Crippen molar-refractivity contribution in [2.24, 2.45) is 0 Å². The highest BCUT2D eigenvalue weighted by Gasteiger charge is 2.20. The highest BCUT2D eigenvalue weighted by atomic mass is 32.2. The first-order chi connectivity index (χ1) is 12.9. The van der Waals surface area contributed by atoms with E-state index >= 15 is 0 Å². The van der Waals surface area contributed by atoms with Crippen LogP contribution >= 0.6 is 34.4 Å². The Balaban J connectivity index is 1.79. The summed E-state index contributed by atoms with van der Waals surface area (Å²) in [6, 6.07) is 7.57. The van der Waals surface area contributed by atoms with Gasteiger partial charge in [0.1, 0.15) is 9.71 Å². The summed E-state index contributed by atoms with van der Waals surface area (Å²) in [6.07, 6.45) is 0. The van der Waals surface area contributed by atoms with Gasteiger partial charge >= 0.3 is 5.97 Å². The molecule has 2 heterocycles. The first-order valence-electron chi connectivity index (χ1n) is 8.54. The predicted octanol–water partition coefficient (Wildman–Crippen LogP) is 5.60. The van der Waals surface area contributed by atoms with E-state index in [2.05, 4.69) is 24.1 Å². The number of rotatable bonds is 6. The summed E-state index contributed by atoms with van der Waals surface area (Å²) in [4.78, 5) is 31.4. The SMILES string of the molecule is CCOC(=O)c1sc2nc(NC(=O)c3cccc(SC(C)C)c3)sc2c1C. The van der Waals surface area contributed by atoms with Gasteiger partial charge in [-0.25, -0.2) is 9.78 Å². The number of hydrogen-bond donors (Lipinski definition) is 1. The van der Waals surface area contributed by atoms with Crippen LogP contribution in [0.1, 0.15) is 46.4 Å². The van der Waals surface area contributed by atoms with Crippen molar-refractivity contribution in [3.05, 3.63) is 40.3 Å². The second kappa shape index (κ2) is 8.41. The summed E-state index contributed by atoms with van der Waals surface area (Å²) >= 11 is 4.38. The third-order valence-corrected chi connectivity index (χ3v) is 7.01. The highest BCUT2D eigenvalue weighted by Crippen LogP contribution is 2.37. The molecule has 0 atom stereocenters. The lowest BCUT2D eigenvalue weighted by Gasteiger charge is -2.07. The number of aryl methyl sites for hydroxylation is 1. The fraction of sp³-hybridized carbons (Fsp3) is 0.316. The molecular weight excluding hydrogens is 400 g/mol. The van der Waals surface area contributed by atoms with Crippen LogP contribution < -0.4 is 5.32 Å². The number of benzene rings is 1. The average Bonchev–Trinajstić information content (AvgIpc) is 3.13. The molecule has 8 heteroatoms. The number of thiazole rings is 1. The minimum Gasteiger partial charge on any atom is -0.462 e. The molecule has 27 heavy (non-hydrogen) atoms. The fourth-order valence-electron chi connectivity index (χ4n) is 2.49. The van der Waals surface area contributed by atoms with Crippen LogP contribution in [0, 0.1) is 6.92 Å². The molecule has 0 aliphatic heterocycles. The Hall–Kier alpha value is -1.90. The third kappa shape index (κ3) is 4.51. The van der Waals surface area contributed by atoms with Crippen molar-refractivity contribution in [3.8, 4) is 0 Å². The van der Waals surface area contributed by atoms with Crippen LogP contribution in [0.5, 0.6) is 0 Å². The van der Waals surface area contributed by atoms with Gasteiger partial charge in [0.15, 0.2) is 5.13 Å². The minimum atomic E-state index is -0.324. The van der Waals surface area contributed by atoms with Crippen molar-refractivity contribution >= 4 is 61.0 Å². The number of esters is 1. The van der Waals surface area contributed by atoms with Crippen LogP contribution in [-0.4, -0.2) is 28.7 Å². The zero-order chi connectivity index (χ0) is 19.6. The monoisotopic (exact) mass is 420 g/mol. The Morgan fingerprint density at radius 2 is 2.07 bits per heavy atom. The Morgan fingerprint density at radius 1 is 1.30 bits per heavy atom. The molecule has 0 bridgehead atoms. The highest BCUT2D eigenvalue weighted by molar-refractivity contribution is 7.99. The topological polar surface area (TPSA) is 68.3 Å².